The summed E-state index contributed by atoms with van der Waals surface area (Å²) in [6, 6.07) is 9.04. The minimum Gasteiger partial charge on any atom is -0.379 e. The van der Waals surface area contributed by atoms with Crippen molar-refractivity contribution in [2.24, 2.45) is 0 Å². The summed E-state index contributed by atoms with van der Waals surface area (Å²) in [6.07, 6.45) is 8.55. The second kappa shape index (κ2) is 6.07. The minimum atomic E-state index is -0.211. The number of nitrogens with zero attached hydrogens (tertiary/aromatic N) is 2. The average Bonchev–Trinajstić information content (AvgIpc) is 2.97. The van der Waals surface area contributed by atoms with E-state index in [1.54, 1.807) is 12.1 Å². The second-order valence-corrected chi connectivity index (χ2v) is 5.44. The lowest BCUT2D eigenvalue weighted by Crippen LogP contribution is -2.13. The Hall–Kier alpha value is -1.84. The van der Waals surface area contributed by atoms with E-state index in [2.05, 4.69) is 27.4 Å². The summed E-state index contributed by atoms with van der Waals surface area (Å²) in [5.74, 6) is -0.211. The van der Waals surface area contributed by atoms with Crippen molar-refractivity contribution < 1.29 is 4.39 Å². The van der Waals surface area contributed by atoms with Gasteiger partial charge in [0.2, 0.25) is 0 Å². The second-order valence-electron chi connectivity index (χ2n) is 5.44. The summed E-state index contributed by atoms with van der Waals surface area (Å²) in [7, 11) is 0. The lowest BCUT2D eigenvalue weighted by Gasteiger charge is -2.21. The molecule has 1 saturated carbocycles. The Kier molecular flexibility index (Phi) is 4.00. The van der Waals surface area contributed by atoms with Gasteiger partial charge in [0.25, 0.3) is 0 Å². The highest BCUT2D eigenvalue weighted by Gasteiger charge is 2.15. The lowest BCUT2D eigenvalue weighted by atomic mass is 9.96. The van der Waals surface area contributed by atoms with Gasteiger partial charge in [0, 0.05) is 11.9 Å². The lowest BCUT2D eigenvalue weighted by molar-refractivity contribution is 0.328. The maximum Gasteiger partial charge on any atom is 0.123 e. The van der Waals surface area contributed by atoms with Gasteiger partial charge in [-0.2, -0.15) is 5.10 Å². The molecule has 1 aliphatic rings. The molecular weight excluding hydrogens is 253 g/mol. The molecule has 1 aliphatic carbocycles. The number of aromatic nitrogens is 2. The fourth-order valence-electron chi connectivity index (χ4n) is 2.78. The molecule has 0 unspecified atom stereocenters. The maximum absolute atomic E-state index is 12.8. The zero-order chi connectivity index (χ0) is 13.8. The Morgan fingerprint density at radius 3 is 2.60 bits per heavy atom. The van der Waals surface area contributed by atoms with E-state index in [4.69, 9.17) is 0 Å². The number of hydrogen-bond acceptors (Lipinski definition) is 2. The maximum atomic E-state index is 12.8. The van der Waals surface area contributed by atoms with Gasteiger partial charge >= 0.3 is 0 Å². The van der Waals surface area contributed by atoms with Gasteiger partial charge in [0.05, 0.1) is 18.3 Å². The molecular formula is C16H20FN3. The molecule has 0 bridgehead atoms. The zero-order valence-corrected chi connectivity index (χ0v) is 11.6. The van der Waals surface area contributed by atoms with Gasteiger partial charge < -0.3 is 5.32 Å². The van der Waals surface area contributed by atoms with Crippen LogP contribution >= 0.6 is 0 Å². The molecule has 1 N–H and O–H groups in total. The fourth-order valence-corrected chi connectivity index (χ4v) is 2.78. The third kappa shape index (κ3) is 3.18. The third-order valence-electron chi connectivity index (χ3n) is 3.93. The SMILES string of the molecule is Fc1ccc(NCc2ccn(C3CCCCC3)n2)cc1. The molecule has 0 amide bonds. The third-order valence-corrected chi connectivity index (χ3v) is 3.93. The van der Waals surface area contributed by atoms with Crippen molar-refractivity contribution in [2.75, 3.05) is 5.32 Å². The highest BCUT2D eigenvalue weighted by atomic mass is 19.1. The van der Waals surface area contributed by atoms with Gasteiger partial charge in [0.15, 0.2) is 0 Å². The molecule has 4 heteroatoms. The van der Waals surface area contributed by atoms with Crippen LogP contribution < -0.4 is 5.32 Å². The molecule has 1 aromatic heterocycles. The highest BCUT2D eigenvalue weighted by molar-refractivity contribution is 5.42. The van der Waals surface area contributed by atoms with Crippen molar-refractivity contribution in [3.63, 3.8) is 0 Å². The van der Waals surface area contributed by atoms with E-state index >= 15 is 0 Å². The summed E-state index contributed by atoms with van der Waals surface area (Å²) >= 11 is 0. The fraction of sp³-hybridized carbons (Fsp3) is 0.438. The standard InChI is InChI=1S/C16H20FN3/c17-13-6-8-14(9-7-13)18-12-15-10-11-20(19-15)16-4-2-1-3-5-16/h6-11,16,18H,1-5,12H2. The van der Waals surface area contributed by atoms with E-state index in [1.165, 1.54) is 44.2 Å². The predicted molar refractivity (Wildman–Crippen MR) is 78.1 cm³/mol. The van der Waals surface area contributed by atoms with Gasteiger partial charge in [-0.3, -0.25) is 4.68 Å². The molecule has 0 aliphatic heterocycles. The molecule has 0 spiro atoms. The van der Waals surface area contributed by atoms with Crippen LogP contribution in [0.3, 0.4) is 0 Å². The molecule has 0 saturated heterocycles. The van der Waals surface area contributed by atoms with Crippen LogP contribution in [0, 0.1) is 5.82 Å². The van der Waals surface area contributed by atoms with Crippen molar-refractivity contribution >= 4 is 5.69 Å². The Bertz CT molecular complexity index is 541. The van der Waals surface area contributed by atoms with E-state index < -0.39 is 0 Å². The van der Waals surface area contributed by atoms with Gasteiger partial charge in [-0.15, -0.1) is 0 Å². The van der Waals surface area contributed by atoms with Crippen LogP contribution in [-0.2, 0) is 6.54 Å². The van der Waals surface area contributed by atoms with Crippen molar-refractivity contribution in [3.05, 3.63) is 48.0 Å². The number of nitrogens with one attached hydrogen (secondary N) is 1. The predicted octanol–water partition coefficient (Wildman–Crippen LogP) is 4.14. The Labute approximate surface area is 118 Å². The van der Waals surface area contributed by atoms with Gasteiger partial charge in [-0.05, 0) is 43.2 Å². The summed E-state index contributed by atoms with van der Waals surface area (Å²) in [5, 5.41) is 7.91. The first-order chi connectivity index (χ1) is 9.81. The first-order valence-corrected chi connectivity index (χ1v) is 7.35. The van der Waals surface area contributed by atoms with E-state index in [1.807, 2.05) is 0 Å². The van der Waals surface area contributed by atoms with Crippen LogP contribution in [-0.4, -0.2) is 9.78 Å². The highest BCUT2D eigenvalue weighted by Crippen LogP contribution is 2.27. The summed E-state index contributed by atoms with van der Waals surface area (Å²) in [5.41, 5.74) is 1.94. The van der Waals surface area contributed by atoms with E-state index in [9.17, 15) is 4.39 Å². The van der Waals surface area contributed by atoms with Gasteiger partial charge in [-0.1, -0.05) is 19.3 Å². The summed E-state index contributed by atoms with van der Waals surface area (Å²) < 4.78 is 14.9. The van der Waals surface area contributed by atoms with Gasteiger partial charge in [-0.25, -0.2) is 4.39 Å². The minimum absolute atomic E-state index is 0.211. The van der Waals surface area contributed by atoms with Crippen molar-refractivity contribution in [2.45, 2.75) is 44.7 Å². The molecule has 106 valence electrons. The Morgan fingerprint density at radius 1 is 1.10 bits per heavy atom. The van der Waals surface area contributed by atoms with E-state index in [-0.39, 0.29) is 5.82 Å². The molecule has 3 nitrogen and oxygen atoms in total. The smallest absolute Gasteiger partial charge is 0.123 e. The molecule has 0 atom stereocenters. The number of halogens is 1. The molecule has 3 rings (SSSR count). The van der Waals surface area contributed by atoms with Crippen molar-refractivity contribution in [1.29, 1.82) is 0 Å². The van der Waals surface area contributed by atoms with Crippen molar-refractivity contribution in [3.8, 4) is 0 Å². The van der Waals surface area contributed by atoms with Gasteiger partial charge in [0.1, 0.15) is 5.82 Å². The van der Waals surface area contributed by atoms with Crippen LogP contribution in [0.4, 0.5) is 10.1 Å². The molecule has 0 radical (unpaired) electrons. The zero-order valence-electron chi connectivity index (χ0n) is 11.6. The average molecular weight is 273 g/mol. The first kappa shape index (κ1) is 13.2. The van der Waals surface area contributed by atoms with Crippen molar-refractivity contribution in [1.82, 2.24) is 9.78 Å². The van der Waals surface area contributed by atoms with Crippen LogP contribution in [0.2, 0.25) is 0 Å². The molecule has 1 aromatic carbocycles. The molecule has 1 heterocycles. The van der Waals surface area contributed by atoms with Crippen LogP contribution in [0.15, 0.2) is 36.5 Å². The quantitative estimate of drug-likeness (QED) is 0.907. The van der Waals surface area contributed by atoms with E-state index in [0.29, 0.717) is 12.6 Å². The molecule has 2 aromatic rings. The number of benzene rings is 1. The topological polar surface area (TPSA) is 29.9 Å². The molecule has 1 fully saturated rings. The first-order valence-electron chi connectivity index (χ1n) is 7.35. The normalized spacial score (nSPS) is 16.2. The number of hydrogen-bond donors (Lipinski definition) is 1. The Balaban J connectivity index is 1.58. The Morgan fingerprint density at radius 2 is 1.85 bits per heavy atom. The van der Waals surface area contributed by atoms with Crippen LogP contribution in [0.5, 0.6) is 0 Å². The largest absolute Gasteiger partial charge is 0.379 e. The molecule has 20 heavy (non-hydrogen) atoms. The summed E-state index contributed by atoms with van der Waals surface area (Å²) in [6.45, 7) is 0.672. The van der Waals surface area contributed by atoms with Crippen LogP contribution in [0.25, 0.3) is 0 Å². The van der Waals surface area contributed by atoms with Crippen LogP contribution in [0.1, 0.15) is 43.8 Å². The number of rotatable bonds is 4. The monoisotopic (exact) mass is 273 g/mol. The summed E-state index contributed by atoms with van der Waals surface area (Å²) in [4.78, 5) is 0. The van der Waals surface area contributed by atoms with E-state index in [0.717, 1.165) is 11.4 Å². The number of anilines is 1.